The fourth-order valence-electron chi connectivity index (χ4n) is 9.37. The molecular weight excluding hydrogens is 821 g/mol. The Morgan fingerprint density at radius 1 is 0.358 bits per heavy atom. The van der Waals surface area contributed by atoms with Gasteiger partial charge in [-0.15, -0.1) is 0 Å². The summed E-state index contributed by atoms with van der Waals surface area (Å²) in [6.45, 7) is 54.0. The van der Waals surface area contributed by atoms with Gasteiger partial charge in [0.15, 0.2) is 0 Å². The van der Waals surface area contributed by atoms with Crippen molar-refractivity contribution in [3.05, 3.63) is 135 Å². The minimum Gasteiger partial charge on any atom is -0.493 e. The van der Waals surface area contributed by atoms with Gasteiger partial charge in [0.1, 0.15) is 23.0 Å². The zero-order valence-corrected chi connectivity index (χ0v) is 45.1. The molecule has 1 aliphatic rings. The molecule has 0 N–H and O–H groups in total. The zero-order chi connectivity index (χ0) is 49.6. The molecule has 0 saturated heterocycles. The number of unbranched alkanes of at least 4 members (excludes halogenated alkanes) is 4. The molecule has 0 unspecified atom stereocenters. The SMILES string of the molecule is C=C1c2ccc(C(C)(C)C)c(c2OCCCC)C(=C)c2c(C(C)(C)C)ccc(c2OCCCC)C(=C)c2c(C(C)(C)C)ccc(c2OCCCC)Cc2ccc(C(C)(C)C)c1c2OCCCC. The summed E-state index contributed by atoms with van der Waals surface area (Å²) in [6.07, 6.45) is 8.35. The maximum absolute atomic E-state index is 7.24. The molecule has 0 amide bonds. The van der Waals surface area contributed by atoms with E-state index < -0.39 is 0 Å². The summed E-state index contributed by atoms with van der Waals surface area (Å²) >= 11 is 0. The van der Waals surface area contributed by atoms with Crippen LogP contribution in [-0.2, 0) is 28.1 Å². The van der Waals surface area contributed by atoms with Crippen LogP contribution in [0.4, 0.5) is 0 Å². The average molecular weight is 909 g/mol. The van der Waals surface area contributed by atoms with Gasteiger partial charge in [-0.25, -0.2) is 0 Å². The molecule has 4 aromatic rings. The van der Waals surface area contributed by atoms with E-state index in [4.69, 9.17) is 38.7 Å². The van der Waals surface area contributed by atoms with Gasteiger partial charge in [-0.3, -0.25) is 0 Å². The fourth-order valence-corrected chi connectivity index (χ4v) is 9.37. The van der Waals surface area contributed by atoms with E-state index in [0.717, 1.165) is 147 Å². The van der Waals surface area contributed by atoms with Crippen LogP contribution < -0.4 is 18.9 Å². The Morgan fingerprint density at radius 3 is 0.881 bits per heavy atom. The third kappa shape index (κ3) is 11.8. The number of ether oxygens (including phenoxy) is 4. The first-order valence-corrected chi connectivity index (χ1v) is 25.7. The first-order chi connectivity index (χ1) is 31.4. The van der Waals surface area contributed by atoms with Crippen molar-refractivity contribution >= 4 is 16.7 Å². The van der Waals surface area contributed by atoms with Gasteiger partial charge in [-0.05, 0) is 97.4 Å². The lowest BCUT2D eigenvalue weighted by Gasteiger charge is -2.34. The Labute approximate surface area is 408 Å². The van der Waals surface area contributed by atoms with Gasteiger partial charge in [-0.2, -0.15) is 0 Å². The number of benzene rings is 4. The van der Waals surface area contributed by atoms with Crippen molar-refractivity contribution in [2.75, 3.05) is 26.4 Å². The second-order valence-electron chi connectivity index (χ2n) is 23.1. The quantitative estimate of drug-likeness (QED) is 0.0925. The van der Waals surface area contributed by atoms with Crippen LogP contribution in [0.3, 0.4) is 0 Å². The molecule has 67 heavy (non-hydrogen) atoms. The topological polar surface area (TPSA) is 36.9 Å². The molecule has 0 saturated carbocycles. The Morgan fingerprint density at radius 2 is 0.612 bits per heavy atom. The molecule has 8 bridgehead atoms. The van der Waals surface area contributed by atoms with Gasteiger partial charge in [0.25, 0.3) is 0 Å². The van der Waals surface area contributed by atoms with Crippen molar-refractivity contribution < 1.29 is 18.9 Å². The first kappa shape index (κ1) is 53.3. The molecule has 0 aromatic heterocycles. The molecule has 0 heterocycles. The van der Waals surface area contributed by atoms with E-state index in [2.05, 4.69) is 159 Å². The summed E-state index contributed by atoms with van der Waals surface area (Å²) in [5, 5.41) is 0. The molecule has 1 aliphatic carbocycles. The zero-order valence-electron chi connectivity index (χ0n) is 45.1. The predicted molar refractivity (Wildman–Crippen MR) is 289 cm³/mol. The molecule has 0 spiro atoms. The maximum Gasteiger partial charge on any atom is 0.135 e. The molecular formula is C63H88O4. The van der Waals surface area contributed by atoms with Crippen LogP contribution in [0.2, 0.25) is 0 Å². The van der Waals surface area contributed by atoms with Crippen LogP contribution in [0.5, 0.6) is 23.0 Å². The van der Waals surface area contributed by atoms with E-state index >= 15 is 0 Å². The van der Waals surface area contributed by atoms with Crippen molar-refractivity contribution in [3.63, 3.8) is 0 Å². The highest BCUT2D eigenvalue weighted by atomic mass is 16.5. The molecule has 5 rings (SSSR count). The van der Waals surface area contributed by atoms with Gasteiger partial charge < -0.3 is 18.9 Å². The van der Waals surface area contributed by atoms with Crippen LogP contribution >= 0.6 is 0 Å². The maximum atomic E-state index is 7.24. The van der Waals surface area contributed by atoms with Crippen LogP contribution in [-0.4, -0.2) is 26.4 Å². The molecule has 4 heteroatoms. The third-order valence-corrected chi connectivity index (χ3v) is 13.2. The third-order valence-electron chi connectivity index (χ3n) is 13.2. The summed E-state index contributed by atoms with van der Waals surface area (Å²) < 4.78 is 28.7. The van der Waals surface area contributed by atoms with Crippen molar-refractivity contribution in [2.45, 2.75) is 190 Å². The van der Waals surface area contributed by atoms with Gasteiger partial charge in [0.05, 0.1) is 26.4 Å². The number of fused-ring (bicyclic) bond motifs is 8. The van der Waals surface area contributed by atoms with Gasteiger partial charge in [0, 0.05) is 39.8 Å². The van der Waals surface area contributed by atoms with Crippen molar-refractivity contribution in [2.24, 2.45) is 0 Å². The predicted octanol–water partition coefficient (Wildman–Crippen LogP) is 17.7. The highest BCUT2D eigenvalue weighted by Crippen LogP contribution is 2.53. The summed E-state index contributed by atoms with van der Waals surface area (Å²) in [7, 11) is 0. The van der Waals surface area contributed by atoms with Gasteiger partial charge in [-0.1, -0.05) is 205 Å². The van der Waals surface area contributed by atoms with Gasteiger partial charge in [0.2, 0.25) is 0 Å². The highest BCUT2D eigenvalue weighted by Gasteiger charge is 2.36. The minimum atomic E-state index is -0.272. The smallest absolute Gasteiger partial charge is 0.135 e. The molecule has 0 fully saturated rings. The summed E-state index contributed by atoms with van der Waals surface area (Å²) in [5.74, 6) is 3.38. The summed E-state index contributed by atoms with van der Waals surface area (Å²) in [6, 6.07) is 18.3. The second kappa shape index (κ2) is 21.7. The van der Waals surface area contributed by atoms with Crippen LogP contribution in [0.25, 0.3) is 16.7 Å². The Balaban J connectivity index is 2.15. The molecule has 0 radical (unpaired) electrons. The van der Waals surface area contributed by atoms with Crippen molar-refractivity contribution in [1.82, 2.24) is 0 Å². The Bertz CT molecular complexity index is 2250. The Kier molecular flexibility index (Phi) is 17.3. The van der Waals surface area contributed by atoms with E-state index in [1.54, 1.807) is 0 Å². The van der Waals surface area contributed by atoms with E-state index in [9.17, 15) is 0 Å². The van der Waals surface area contributed by atoms with Crippen molar-refractivity contribution in [1.29, 1.82) is 0 Å². The largest absolute Gasteiger partial charge is 0.493 e. The van der Waals surface area contributed by atoms with E-state index in [-0.39, 0.29) is 21.7 Å². The highest BCUT2D eigenvalue weighted by molar-refractivity contribution is 5.97. The Hall–Kier alpha value is -4.70. The minimum absolute atomic E-state index is 0.234. The number of hydrogen-bond donors (Lipinski definition) is 0. The van der Waals surface area contributed by atoms with Gasteiger partial charge >= 0.3 is 0 Å². The monoisotopic (exact) mass is 909 g/mol. The molecule has 0 aliphatic heterocycles. The second-order valence-corrected chi connectivity index (χ2v) is 23.1. The van der Waals surface area contributed by atoms with E-state index in [0.29, 0.717) is 32.8 Å². The lowest BCUT2D eigenvalue weighted by atomic mass is 9.73. The standard InChI is InChI=1S/C63H88O4/c1-20-24-36-64-56-44-28-32-48(60(8,9)10)52(56)41(5)46-30-34-50(62(14,15)16)54(58(46)66-38-26-22-3)43(7)55-51(63(17,18)19)35-31-47(59(55)67-39-27-23-4)42(6)53-49(61(11,12)13)33-29-45(40-44)57(53)65-37-25-21-2/h28-35H,5-7,20-27,36-40H2,1-4,8-19H3. The molecule has 4 nitrogen and oxygen atoms in total. The number of rotatable bonds is 16. The summed E-state index contributed by atoms with van der Waals surface area (Å²) in [5.41, 5.74) is 14.4. The normalized spacial score (nSPS) is 13.5. The molecule has 364 valence electrons. The first-order valence-electron chi connectivity index (χ1n) is 25.7. The van der Waals surface area contributed by atoms with Crippen LogP contribution in [0.15, 0.2) is 68.3 Å². The molecule has 4 aromatic carbocycles. The average Bonchev–Trinajstić information content (AvgIpc) is 3.24. The van der Waals surface area contributed by atoms with Crippen molar-refractivity contribution in [3.8, 4) is 23.0 Å². The fraction of sp³-hybridized carbons (Fsp3) is 0.524. The molecule has 0 atom stereocenters. The van der Waals surface area contributed by atoms with Crippen LogP contribution in [0, 0.1) is 0 Å². The van der Waals surface area contributed by atoms with E-state index in [1.807, 2.05) is 0 Å². The lowest BCUT2D eigenvalue weighted by Crippen LogP contribution is -2.21. The lowest BCUT2D eigenvalue weighted by molar-refractivity contribution is 0.301. The van der Waals surface area contributed by atoms with Crippen LogP contribution in [0.1, 0.15) is 229 Å². The summed E-state index contributed by atoms with van der Waals surface area (Å²) in [4.78, 5) is 0. The number of hydrogen-bond acceptors (Lipinski definition) is 4. The van der Waals surface area contributed by atoms with E-state index in [1.165, 1.54) is 11.1 Å².